The van der Waals surface area contributed by atoms with Gasteiger partial charge in [-0.1, -0.05) is 0 Å². The Kier molecular flexibility index (Phi) is 10.4. The highest BCUT2D eigenvalue weighted by Crippen LogP contribution is 2.11. The number of halogens is 1. The fraction of sp³-hybridized carbons (Fsp3) is 0.800. The molecule has 31 heavy (non-hydrogen) atoms. The van der Waals surface area contributed by atoms with Crippen molar-refractivity contribution in [2.24, 2.45) is 12.0 Å². The van der Waals surface area contributed by atoms with Crippen LogP contribution in [0.1, 0.15) is 38.3 Å². The van der Waals surface area contributed by atoms with Crippen LogP contribution >= 0.6 is 24.0 Å². The number of aryl methyl sites for hydroxylation is 1. The van der Waals surface area contributed by atoms with E-state index in [9.17, 15) is 4.79 Å². The molecule has 2 N–H and O–H groups in total. The van der Waals surface area contributed by atoms with Gasteiger partial charge in [-0.05, 0) is 33.6 Å². The van der Waals surface area contributed by atoms with E-state index in [0.717, 1.165) is 69.8 Å². The van der Waals surface area contributed by atoms with Crippen LogP contribution in [0.5, 0.6) is 0 Å². The van der Waals surface area contributed by atoms with E-state index in [1.807, 2.05) is 32.4 Å². The number of aromatic nitrogens is 3. The fourth-order valence-corrected chi connectivity index (χ4v) is 3.70. The summed E-state index contributed by atoms with van der Waals surface area (Å²) in [7, 11) is 1.96. The van der Waals surface area contributed by atoms with Crippen molar-refractivity contribution in [2.45, 2.75) is 52.3 Å². The Morgan fingerprint density at radius 2 is 2.00 bits per heavy atom. The molecule has 2 saturated heterocycles. The summed E-state index contributed by atoms with van der Waals surface area (Å²) in [5, 5.41) is 14.8. The number of carbonyl (C=O) groups is 1. The van der Waals surface area contributed by atoms with Gasteiger partial charge in [-0.25, -0.2) is 4.99 Å². The van der Waals surface area contributed by atoms with E-state index in [-0.39, 0.29) is 42.0 Å². The number of nitrogens with one attached hydrogen (secondary N) is 2. The molecule has 0 aromatic carbocycles. The molecule has 0 spiro atoms. The predicted octanol–water partition coefficient (Wildman–Crippen LogP) is 0.508. The Balaban J connectivity index is 0.00000341. The molecule has 0 radical (unpaired) electrons. The zero-order valence-electron chi connectivity index (χ0n) is 19.1. The van der Waals surface area contributed by atoms with E-state index in [4.69, 9.17) is 9.73 Å². The topological polar surface area (TPSA) is 99.9 Å². The van der Waals surface area contributed by atoms with Gasteiger partial charge in [0.25, 0.3) is 0 Å². The number of piperazine rings is 1. The van der Waals surface area contributed by atoms with E-state index >= 15 is 0 Å². The first-order chi connectivity index (χ1) is 14.4. The Bertz CT molecular complexity index is 725. The lowest BCUT2D eigenvalue weighted by molar-refractivity contribution is -0.123. The highest BCUT2D eigenvalue weighted by atomic mass is 127. The maximum absolute atomic E-state index is 12.0. The normalized spacial score (nSPS) is 20.1. The van der Waals surface area contributed by atoms with Crippen LogP contribution in [0.25, 0.3) is 0 Å². The van der Waals surface area contributed by atoms with Gasteiger partial charge >= 0.3 is 0 Å². The molecular formula is C20H37IN8O2. The largest absolute Gasteiger partial charge is 0.376 e. The molecule has 176 valence electrons. The minimum absolute atomic E-state index is 0. The maximum atomic E-state index is 12.0. The molecule has 2 aliphatic heterocycles. The first-order valence-electron chi connectivity index (χ1n) is 10.9. The monoisotopic (exact) mass is 548 g/mol. The smallest absolute Gasteiger partial charge is 0.234 e. The number of aliphatic imine (C=N–C) groups is 1. The summed E-state index contributed by atoms with van der Waals surface area (Å²) < 4.78 is 7.72. The minimum Gasteiger partial charge on any atom is -0.376 e. The number of nitrogens with zero attached hydrogens (tertiary/aromatic N) is 6. The minimum atomic E-state index is 0. The Labute approximate surface area is 202 Å². The number of amides is 1. The van der Waals surface area contributed by atoms with Gasteiger partial charge in [0.15, 0.2) is 11.8 Å². The van der Waals surface area contributed by atoms with Gasteiger partial charge < -0.3 is 24.8 Å². The van der Waals surface area contributed by atoms with Gasteiger partial charge in [0.1, 0.15) is 12.4 Å². The van der Waals surface area contributed by atoms with Crippen LogP contribution in [0, 0.1) is 6.92 Å². The fourth-order valence-electron chi connectivity index (χ4n) is 3.70. The predicted molar refractivity (Wildman–Crippen MR) is 131 cm³/mol. The molecule has 2 fully saturated rings. The lowest BCUT2D eigenvalue weighted by Gasteiger charge is -2.36. The van der Waals surface area contributed by atoms with E-state index in [0.29, 0.717) is 13.1 Å². The summed E-state index contributed by atoms with van der Waals surface area (Å²) >= 11 is 0. The summed E-state index contributed by atoms with van der Waals surface area (Å²) in [6.07, 6.45) is 2.45. The van der Waals surface area contributed by atoms with Crippen LogP contribution in [-0.4, -0.2) is 94.5 Å². The number of guanidine groups is 1. The molecule has 11 heteroatoms. The molecule has 0 bridgehead atoms. The van der Waals surface area contributed by atoms with Crippen molar-refractivity contribution in [1.29, 1.82) is 0 Å². The van der Waals surface area contributed by atoms with E-state index in [1.54, 1.807) is 0 Å². The third kappa shape index (κ3) is 7.86. The first kappa shape index (κ1) is 25.8. The number of hydrogen-bond donors (Lipinski definition) is 2. The molecule has 3 heterocycles. The summed E-state index contributed by atoms with van der Waals surface area (Å²) in [6, 6.07) is 0.170. The first-order valence-corrected chi connectivity index (χ1v) is 10.9. The number of rotatable bonds is 7. The summed E-state index contributed by atoms with van der Waals surface area (Å²) in [5.41, 5.74) is 0. The van der Waals surface area contributed by atoms with Crippen molar-refractivity contribution in [3.63, 3.8) is 0 Å². The van der Waals surface area contributed by atoms with Crippen molar-refractivity contribution < 1.29 is 9.53 Å². The molecule has 1 amide bonds. The summed E-state index contributed by atoms with van der Waals surface area (Å²) in [5.74, 6) is 2.68. The van der Waals surface area contributed by atoms with Crippen LogP contribution in [-0.2, 0) is 23.1 Å². The zero-order chi connectivity index (χ0) is 21.5. The van der Waals surface area contributed by atoms with E-state index < -0.39 is 0 Å². The highest BCUT2D eigenvalue weighted by Gasteiger charge is 2.23. The Hall–Kier alpha value is -1.47. The SMILES string of the molecule is Cc1nnc(CN=C(NCC2CCCO2)N2CCN(CC(=O)NC(C)C)CC2)n1C.I. The number of ether oxygens (including phenoxy) is 1. The molecule has 3 rings (SSSR count). The highest BCUT2D eigenvalue weighted by molar-refractivity contribution is 14.0. The number of hydrogen-bond acceptors (Lipinski definition) is 6. The van der Waals surface area contributed by atoms with Gasteiger partial charge in [-0.3, -0.25) is 9.69 Å². The zero-order valence-corrected chi connectivity index (χ0v) is 21.5. The van der Waals surface area contributed by atoms with Gasteiger partial charge in [0.05, 0.1) is 12.6 Å². The van der Waals surface area contributed by atoms with Crippen molar-refractivity contribution in [2.75, 3.05) is 45.9 Å². The van der Waals surface area contributed by atoms with Crippen LogP contribution in [0.4, 0.5) is 0 Å². The van der Waals surface area contributed by atoms with Crippen LogP contribution in [0.2, 0.25) is 0 Å². The van der Waals surface area contributed by atoms with E-state index in [1.165, 1.54) is 0 Å². The quantitative estimate of drug-likeness (QED) is 0.291. The summed E-state index contributed by atoms with van der Waals surface area (Å²) in [6.45, 7) is 11.7. The van der Waals surface area contributed by atoms with Gasteiger partial charge in [0, 0.05) is 52.4 Å². The second-order valence-corrected chi connectivity index (χ2v) is 8.36. The average molecular weight is 548 g/mol. The maximum Gasteiger partial charge on any atom is 0.234 e. The molecule has 1 aromatic heterocycles. The molecule has 0 aliphatic carbocycles. The lowest BCUT2D eigenvalue weighted by atomic mass is 10.2. The molecule has 0 saturated carbocycles. The van der Waals surface area contributed by atoms with Crippen LogP contribution in [0.15, 0.2) is 4.99 Å². The molecular weight excluding hydrogens is 511 g/mol. The van der Waals surface area contributed by atoms with Crippen molar-refractivity contribution in [3.05, 3.63) is 11.6 Å². The van der Waals surface area contributed by atoms with E-state index in [2.05, 4.69) is 30.6 Å². The molecule has 1 unspecified atom stereocenters. The summed E-state index contributed by atoms with van der Waals surface area (Å²) in [4.78, 5) is 21.3. The van der Waals surface area contributed by atoms with Gasteiger partial charge in [-0.15, -0.1) is 34.2 Å². The second kappa shape index (κ2) is 12.5. The van der Waals surface area contributed by atoms with Crippen LogP contribution < -0.4 is 10.6 Å². The third-order valence-electron chi connectivity index (χ3n) is 5.55. The molecule has 10 nitrogen and oxygen atoms in total. The Morgan fingerprint density at radius 1 is 1.26 bits per heavy atom. The molecule has 1 aromatic rings. The second-order valence-electron chi connectivity index (χ2n) is 8.36. The number of carbonyl (C=O) groups excluding carboxylic acids is 1. The molecule has 2 aliphatic rings. The third-order valence-corrected chi connectivity index (χ3v) is 5.55. The lowest BCUT2D eigenvalue weighted by Crippen LogP contribution is -2.55. The van der Waals surface area contributed by atoms with Crippen molar-refractivity contribution in [1.82, 2.24) is 35.2 Å². The average Bonchev–Trinajstić information content (AvgIpc) is 3.33. The van der Waals surface area contributed by atoms with Crippen molar-refractivity contribution in [3.8, 4) is 0 Å². The van der Waals surface area contributed by atoms with Crippen LogP contribution in [0.3, 0.4) is 0 Å². The van der Waals surface area contributed by atoms with Crippen molar-refractivity contribution >= 4 is 35.8 Å². The molecule has 1 atom stereocenters. The standard InChI is InChI=1S/C20H36N8O2.HI/c1-15(2)23-19(29)14-27-7-9-28(10-8-27)20(21-12-17-6-5-11-30-17)22-13-18-25-24-16(3)26(18)4;/h15,17H,5-14H2,1-4H3,(H,21,22)(H,23,29);1H. The van der Waals surface area contributed by atoms with Gasteiger partial charge in [0.2, 0.25) is 5.91 Å². The Morgan fingerprint density at radius 3 is 2.58 bits per heavy atom. The van der Waals surface area contributed by atoms with Gasteiger partial charge in [-0.2, -0.15) is 0 Å².